The molecule has 0 aromatic carbocycles. The summed E-state index contributed by atoms with van der Waals surface area (Å²) in [6.07, 6.45) is 4.70. The summed E-state index contributed by atoms with van der Waals surface area (Å²) in [6, 6.07) is 2.40. The molecule has 0 amide bonds. The maximum absolute atomic E-state index is 9.59. The minimum absolute atomic E-state index is 0.124. The number of nitrogens with one attached hydrogen (secondary N) is 2. The predicted molar refractivity (Wildman–Crippen MR) is 86.8 cm³/mol. The van der Waals surface area contributed by atoms with E-state index in [9.17, 15) is 5.11 Å². The molecule has 1 heterocycles. The third kappa shape index (κ3) is 4.84. The average Bonchev–Trinajstić information content (AvgIpc) is 2.47. The Labute approximate surface area is 127 Å². The van der Waals surface area contributed by atoms with Gasteiger partial charge in [0.2, 0.25) is 0 Å². The molecule has 21 heavy (non-hydrogen) atoms. The summed E-state index contributed by atoms with van der Waals surface area (Å²) >= 11 is 0. The molecular weight excluding hydrogens is 264 g/mol. The maximum atomic E-state index is 9.59. The topological polar surface area (TPSA) is 70.1 Å². The zero-order valence-corrected chi connectivity index (χ0v) is 13.4. The number of aliphatic hydroxyl groups is 1. The van der Waals surface area contributed by atoms with Crippen molar-refractivity contribution in [3.63, 3.8) is 0 Å². The Morgan fingerprint density at radius 2 is 1.86 bits per heavy atom. The molecule has 1 aliphatic rings. The van der Waals surface area contributed by atoms with Crippen molar-refractivity contribution in [3.8, 4) is 0 Å². The van der Waals surface area contributed by atoms with Crippen LogP contribution in [0.2, 0.25) is 0 Å². The molecule has 0 radical (unpaired) electrons. The van der Waals surface area contributed by atoms with Crippen molar-refractivity contribution in [2.75, 3.05) is 17.2 Å². The van der Waals surface area contributed by atoms with Crippen LogP contribution in [0.25, 0.3) is 0 Å². The SMILES string of the molecule is CCCNc1cc(NC2CCC(O)CC2)nc(C(C)C)n1. The van der Waals surface area contributed by atoms with E-state index in [1.807, 2.05) is 6.07 Å². The first-order chi connectivity index (χ1) is 10.1. The second-order valence-electron chi connectivity index (χ2n) is 6.23. The highest BCUT2D eigenvalue weighted by Crippen LogP contribution is 2.23. The van der Waals surface area contributed by atoms with Crippen molar-refractivity contribution >= 4 is 11.6 Å². The number of aliphatic hydroxyl groups excluding tert-OH is 1. The molecule has 1 aromatic heterocycles. The van der Waals surface area contributed by atoms with Crippen molar-refractivity contribution < 1.29 is 5.11 Å². The number of anilines is 2. The van der Waals surface area contributed by atoms with Crippen LogP contribution in [-0.4, -0.2) is 33.8 Å². The summed E-state index contributed by atoms with van der Waals surface area (Å²) in [4.78, 5) is 9.20. The zero-order valence-electron chi connectivity index (χ0n) is 13.4. The van der Waals surface area contributed by atoms with Gasteiger partial charge in [0.25, 0.3) is 0 Å². The van der Waals surface area contributed by atoms with E-state index in [0.29, 0.717) is 12.0 Å². The Kier molecular flexibility index (Phi) is 5.79. The molecule has 1 saturated carbocycles. The number of rotatable bonds is 6. The third-order valence-electron chi connectivity index (χ3n) is 3.86. The fourth-order valence-corrected chi connectivity index (χ4v) is 2.57. The van der Waals surface area contributed by atoms with Crippen LogP contribution >= 0.6 is 0 Å². The molecule has 3 N–H and O–H groups in total. The fraction of sp³-hybridized carbons (Fsp3) is 0.750. The summed E-state index contributed by atoms with van der Waals surface area (Å²) in [7, 11) is 0. The van der Waals surface area contributed by atoms with Gasteiger partial charge in [0.05, 0.1) is 6.10 Å². The molecule has 1 aromatic rings. The van der Waals surface area contributed by atoms with E-state index >= 15 is 0 Å². The Hall–Kier alpha value is -1.36. The van der Waals surface area contributed by atoms with E-state index in [1.54, 1.807) is 0 Å². The average molecular weight is 292 g/mol. The van der Waals surface area contributed by atoms with E-state index < -0.39 is 0 Å². The van der Waals surface area contributed by atoms with Crippen molar-refractivity contribution in [2.24, 2.45) is 0 Å². The highest BCUT2D eigenvalue weighted by atomic mass is 16.3. The van der Waals surface area contributed by atoms with Crippen LogP contribution in [0.3, 0.4) is 0 Å². The number of aromatic nitrogens is 2. The third-order valence-corrected chi connectivity index (χ3v) is 3.86. The first kappa shape index (κ1) is 16.0. The zero-order chi connectivity index (χ0) is 15.2. The number of hydrogen-bond acceptors (Lipinski definition) is 5. The second-order valence-corrected chi connectivity index (χ2v) is 6.23. The first-order valence-corrected chi connectivity index (χ1v) is 8.16. The van der Waals surface area contributed by atoms with E-state index in [0.717, 1.165) is 56.1 Å². The Bertz CT molecular complexity index is 442. The normalized spacial score (nSPS) is 22.3. The van der Waals surface area contributed by atoms with Gasteiger partial charge in [-0.2, -0.15) is 0 Å². The van der Waals surface area contributed by atoms with Gasteiger partial charge in [0.1, 0.15) is 17.5 Å². The van der Waals surface area contributed by atoms with Crippen LogP contribution in [-0.2, 0) is 0 Å². The quantitative estimate of drug-likeness (QED) is 0.751. The minimum Gasteiger partial charge on any atom is -0.393 e. The lowest BCUT2D eigenvalue weighted by molar-refractivity contribution is 0.126. The van der Waals surface area contributed by atoms with E-state index in [1.165, 1.54) is 0 Å². The van der Waals surface area contributed by atoms with Crippen molar-refractivity contribution in [2.45, 2.75) is 70.9 Å². The summed E-state index contributed by atoms with van der Waals surface area (Å²) in [5, 5.41) is 16.4. The molecule has 1 fully saturated rings. The van der Waals surface area contributed by atoms with Crippen LogP contribution in [0.1, 0.15) is 64.6 Å². The van der Waals surface area contributed by atoms with E-state index in [-0.39, 0.29) is 6.10 Å². The molecule has 1 aliphatic carbocycles. The monoisotopic (exact) mass is 292 g/mol. The molecule has 0 aliphatic heterocycles. The van der Waals surface area contributed by atoms with Crippen LogP contribution in [0, 0.1) is 0 Å². The van der Waals surface area contributed by atoms with E-state index in [4.69, 9.17) is 0 Å². The molecule has 5 nitrogen and oxygen atoms in total. The summed E-state index contributed by atoms with van der Waals surface area (Å²) in [6.45, 7) is 7.28. The molecule has 2 rings (SSSR count). The molecule has 0 bridgehead atoms. The molecule has 0 spiro atoms. The van der Waals surface area contributed by atoms with Gasteiger partial charge in [0.15, 0.2) is 0 Å². The Morgan fingerprint density at radius 1 is 1.19 bits per heavy atom. The highest BCUT2D eigenvalue weighted by molar-refractivity contribution is 5.48. The molecule has 118 valence electrons. The lowest BCUT2D eigenvalue weighted by atomic mass is 9.93. The maximum Gasteiger partial charge on any atom is 0.135 e. The van der Waals surface area contributed by atoms with Crippen LogP contribution < -0.4 is 10.6 Å². The van der Waals surface area contributed by atoms with E-state index in [2.05, 4.69) is 41.4 Å². The molecule has 0 unspecified atom stereocenters. The van der Waals surface area contributed by atoms with Gasteiger partial charge in [-0.15, -0.1) is 0 Å². The van der Waals surface area contributed by atoms with Gasteiger partial charge in [0, 0.05) is 24.6 Å². The predicted octanol–water partition coefficient (Wildman–Crippen LogP) is 3.14. The first-order valence-electron chi connectivity index (χ1n) is 8.16. The largest absolute Gasteiger partial charge is 0.393 e. The van der Waals surface area contributed by atoms with Gasteiger partial charge in [-0.1, -0.05) is 20.8 Å². The van der Waals surface area contributed by atoms with Crippen molar-refractivity contribution in [1.82, 2.24) is 9.97 Å². The smallest absolute Gasteiger partial charge is 0.135 e. The van der Waals surface area contributed by atoms with Crippen molar-refractivity contribution in [3.05, 3.63) is 11.9 Å². The second kappa shape index (κ2) is 7.59. The molecular formula is C16H28N4O. The Balaban J connectivity index is 2.07. The van der Waals surface area contributed by atoms with Gasteiger partial charge in [-0.3, -0.25) is 0 Å². The Morgan fingerprint density at radius 3 is 2.48 bits per heavy atom. The van der Waals surface area contributed by atoms with Crippen LogP contribution in [0.5, 0.6) is 0 Å². The summed E-state index contributed by atoms with van der Waals surface area (Å²) < 4.78 is 0. The lowest BCUT2D eigenvalue weighted by Crippen LogP contribution is -2.28. The molecule has 0 atom stereocenters. The van der Waals surface area contributed by atoms with Gasteiger partial charge in [-0.05, 0) is 32.1 Å². The van der Waals surface area contributed by atoms with Gasteiger partial charge in [-0.25, -0.2) is 9.97 Å². The van der Waals surface area contributed by atoms with Gasteiger partial charge >= 0.3 is 0 Å². The van der Waals surface area contributed by atoms with Gasteiger partial charge < -0.3 is 15.7 Å². The number of hydrogen-bond donors (Lipinski definition) is 3. The van der Waals surface area contributed by atoms with Crippen molar-refractivity contribution in [1.29, 1.82) is 0 Å². The summed E-state index contributed by atoms with van der Waals surface area (Å²) in [5.74, 6) is 2.97. The minimum atomic E-state index is -0.124. The molecule has 0 saturated heterocycles. The van der Waals surface area contributed by atoms with Crippen LogP contribution in [0.15, 0.2) is 6.07 Å². The highest BCUT2D eigenvalue weighted by Gasteiger charge is 2.20. The fourth-order valence-electron chi connectivity index (χ4n) is 2.57. The lowest BCUT2D eigenvalue weighted by Gasteiger charge is -2.27. The summed E-state index contributed by atoms with van der Waals surface area (Å²) in [5.41, 5.74) is 0. The van der Waals surface area contributed by atoms with Crippen LogP contribution in [0.4, 0.5) is 11.6 Å². The standard InChI is InChI=1S/C16H28N4O/c1-4-9-17-14-10-15(20-16(19-14)11(2)3)18-12-5-7-13(21)8-6-12/h10-13,21H,4-9H2,1-3H3,(H2,17,18,19,20). The molecule has 5 heteroatoms. The number of nitrogens with zero attached hydrogens (tertiary/aromatic N) is 2.